The van der Waals surface area contributed by atoms with Gasteiger partial charge in [-0.3, -0.25) is 9.59 Å². The van der Waals surface area contributed by atoms with Gasteiger partial charge in [0.15, 0.2) is 5.82 Å². The van der Waals surface area contributed by atoms with Gasteiger partial charge in [-0.2, -0.15) is 0 Å². The summed E-state index contributed by atoms with van der Waals surface area (Å²) in [5.41, 5.74) is 2.34. The first-order valence-electron chi connectivity index (χ1n) is 9.97. The molecule has 2 aromatic rings. The fourth-order valence-electron chi connectivity index (χ4n) is 4.60. The smallest absolute Gasteiger partial charge is 0.311 e. The molecule has 0 spiro atoms. The number of nitrogens with zero attached hydrogens (tertiary/aromatic N) is 3. The molecule has 1 amide bonds. The number of amides is 1. The Morgan fingerprint density at radius 1 is 1.14 bits per heavy atom. The Morgan fingerprint density at radius 2 is 1.89 bits per heavy atom. The third-order valence-corrected chi connectivity index (χ3v) is 5.86. The van der Waals surface area contributed by atoms with Crippen molar-refractivity contribution in [3.05, 3.63) is 47.8 Å². The molecule has 1 unspecified atom stereocenters. The van der Waals surface area contributed by atoms with Gasteiger partial charge in [0, 0.05) is 30.0 Å². The molecule has 2 aliphatic heterocycles. The van der Waals surface area contributed by atoms with Gasteiger partial charge < -0.3 is 9.64 Å². The van der Waals surface area contributed by atoms with E-state index in [1.54, 1.807) is 18.5 Å². The van der Waals surface area contributed by atoms with Crippen molar-refractivity contribution < 1.29 is 14.3 Å². The second kappa shape index (κ2) is 7.70. The fourth-order valence-corrected chi connectivity index (χ4v) is 4.60. The maximum Gasteiger partial charge on any atom is 0.311 e. The highest BCUT2D eigenvalue weighted by atomic mass is 16.5. The van der Waals surface area contributed by atoms with Gasteiger partial charge in [0.1, 0.15) is 0 Å². The molecule has 4 rings (SSSR count). The monoisotopic (exact) mass is 379 g/mol. The number of benzene rings is 1. The average Bonchev–Trinajstić information content (AvgIpc) is 3.00. The van der Waals surface area contributed by atoms with Crippen molar-refractivity contribution in [2.24, 2.45) is 5.92 Å². The van der Waals surface area contributed by atoms with Gasteiger partial charge in [-0.1, -0.05) is 17.7 Å². The SMILES string of the molecule is CCOC(=O)[C@H]1CCC2CC[C@@H]1N2C(=O)c1cc(C)ccc1-c1ncccn1. The van der Waals surface area contributed by atoms with Crippen molar-refractivity contribution in [1.82, 2.24) is 14.9 Å². The molecule has 1 aromatic heterocycles. The van der Waals surface area contributed by atoms with E-state index in [2.05, 4.69) is 9.97 Å². The molecule has 3 heterocycles. The highest BCUT2D eigenvalue weighted by molar-refractivity contribution is 6.01. The Morgan fingerprint density at radius 3 is 2.64 bits per heavy atom. The highest BCUT2D eigenvalue weighted by Crippen LogP contribution is 2.41. The molecule has 6 nitrogen and oxygen atoms in total. The predicted molar refractivity (Wildman–Crippen MR) is 105 cm³/mol. The van der Waals surface area contributed by atoms with E-state index in [1.165, 1.54) is 0 Å². The van der Waals surface area contributed by atoms with E-state index >= 15 is 0 Å². The molecule has 28 heavy (non-hydrogen) atoms. The molecule has 2 saturated heterocycles. The second-order valence-electron chi connectivity index (χ2n) is 7.57. The molecule has 2 aliphatic rings. The van der Waals surface area contributed by atoms with Crippen LogP contribution in [0.1, 0.15) is 48.5 Å². The van der Waals surface area contributed by atoms with E-state index in [-0.39, 0.29) is 29.9 Å². The first kappa shape index (κ1) is 18.6. The lowest BCUT2D eigenvalue weighted by molar-refractivity contribution is -0.151. The lowest BCUT2D eigenvalue weighted by Gasteiger charge is -2.39. The van der Waals surface area contributed by atoms with Crippen LogP contribution in [0.2, 0.25) is 0 Å². The number of hydrogen-bond donors (Lipinski definition) is 0. The highest BCUT2D eigenvalue weighted by Gasteiger charge is 2.48. The van der Waals surface area contributed by atoms with Crippen molar-refractivity contribution in [3.8, 4) is 11.4 Å². The van der Waals surface area contributed by atoms with Crippen LogP contribution in [0.5, 0.6) is 0 Å². The molecule has 1 aromatic carbocycles. The van der Waals surface area contributed by atoms with Gasteiger partial charge in [0.05, 0.1) is 18.1 Å². The number of esters is 1. The molecule has 146 valence electrons. The lowest BCUT2D eigenvalue weighted by Crippen LogP contribution is -2.50. The van der Waals surface area contributed by atoms with Crippen LogP contribution in [0.4, 0.5) is 0 Å². The number of carbonyl (C=O) groups excluding carboxylic acids is 2. The summed E-state index contributed by atoms with van der Waals surface area (Å²) in [4.78, 5) is 36.7. The first-order valence-corrected chi connectivity index (χ1v) is 9.97. The normalized spacial score (nSPS) is 23.5. The van der Waals surface area contributed by atoms with Crippen molar-refractivity contribution >= 4 is 11.9 Å². The molecule has 3 atom stereocenters. The molecule has 0 radical (unpaired) electrons. The molecule has 0 N–H and O–H groups in total. The van der Waals surface area contributed by atoms with Crippen LogP contribution >= 0.6 is 0 Å². The zero-order chi connectivity index (χ0) is 19.7. The van der Waals surface area contributed by atoms with Gasteiger partial charge in [-0.05, 0) is 51.7 Å². The molecule has 2 bridgehead atoms. The topological polar surface area (TPSA) is 72.4 Å². The van der Waals surface area contributed by atoms with Crippen LogP contribution in [-0.4, -0.2) is 45.4 Å². The average molecular weight is 379 g/mol. The summed E-state index contributed by atoms with van der Waals surface area (Å²) in [6, 6.07) is 7.64. The summed E-state index contributed by atoms with van der Waals surface area (Å²) in [5.74, 6) is 0.0928. The summed E-state index contributed by atoms with van der Waals surface area (Å²) in [5, 5.41) is 0. The van der Waals surface area contributed by atoms with Crippen LogP contribution in [0.15, 0.2) is 36.7 Å². The second-order valence-corrected chi connectivity index (χ2v) is 7.57. The van der Waals surface area contributed by atoms with Crippen molar-refractivity contribution in [2.75, 3.05) is 6.61 Å². The van der Waals surface area contributed by atoms with Crippen molar-refractivity contribution in [2.45, 2.75) is 51.6 Å². The molecule has 6 heteroatoms. The largest absolute Gasteiger partial charge is 0.466 e. The van der Waals surface area contributed by atoms with Crippen LogP contribution in [0.25, 0.3) is 11.4 Å². The lowest BCUT2D eigenvalue weighted by atomic mass is 9.89. The maximum absolute atomic E-state index is 13.7. The summed E-state index contributed by atoms with van der Waals surface area (Å²) in [7, 11) is 0. The van der Waals surface area contributed by atoms with Gasteiger partial charge in [0.25, 0.3) is 5.91 Å². The predicted octanol–water partition coefficient (Wildman–Crippen LogP) is 3.40. The number of rotatable bonds is 4. The third kappa shape index (κ3) is 3.28. The van der Waals surface area contributed by atoms with Gasteiger partial charge in [-0.25, -0.2) is 9.97 Å². The summed E-state index contributed by atoms with van der Waals surface area (Å²) >= 11 is 0. The molecular weight excluding hydrogens is 354 g/mol. The Labute approximate surface area is 164 Å². The minimum Gasteiger partial charge on any atom is -0.466 e. The van der Waals surface area contributed by atoms with E-state index in [1.807, 2.05) is 36.9 Å². The minimum atomic E-state index is -0.233. The third-order valence-electron chi connectivity index (χ3n) is 5.86. The zero-order valence-electron chi connectivity index (χ0n) is 16.3. The van der Waals surface area contributed by atoms with E-state index in [4.69, 9.17) is 4.74 Å². The molecule has 0 saturated carbocycles. The zero-order valence-corrected chi connectivity index (χ0v) is 16.3. The Balaban J connectivity index is 1.70. The van der Waals surface area contributed by atoms with Crippen LogP contribution < -0.4 is 0 Å². The Kier molecular flexibility index (Phi) is 5.11. The maximum atomic E-state index is 13.7. The van der Waals surface area contributed by atoms with Gasteiger partial charge in [0.2, 0.25) is 0 Å². The number of ether oxygens (including phenoxy) is 1. The standard InChI is InChI=1S/C22H25N3O3/c1-3-28-22(27)17-9-6-15-7-10-19(17)25(15)21(26)18-13-14(2)5-8-16(18)20-23-11-4-12-24-20/h4-5,8,11-13,15,17,19H,3,6-7,9-10H2,1-2H3/t15?,17-,19-/m0/s1. The Hall–Kier alpha value is -2.76. The number of hydrogen-bond acceptors (Lipinski definition) is 5. The number of piperidine rings is 1. The van der Waals surface area contributed by atoms with E-state index in [0.29, 0.717) is 18.0 Å². The number of aromatic nitrogens is 2. The van der Waals surface area contributed by atoms with E-state index in [9.17, 15) is 9.59 Å². The number of fused-ring (bicyclic) bond motifs is 2. The number of aryl methyl sites for hydroxylation is 1. The van der Waals surface area contributed by atoms with E-state index < -0.39 is 0 Å². The molecular formula is C22H25N3O3. The van der Waals surface area contributed by atoms with Crippen molar-refractivity contribution in [3.63, 3.8) is 0 Å². The summed E-state index contributed by atoms with van der Waals surface area (Å²) in [6.07, 6.45) is 6.78. The summed E-state index contributed by atoms with van der Waals surface area (Å²) in [6.45, 7) is 4.16. The van der Waals surface area contributed by atoms with Crippen LogP contribution in [0, 0.1) is 12.8 Å². The minimum absolute atomic E-state index is 0.0346. The quantitative estimate of drug-likeness (QED) is 0.762. The summed E-state index contributed by atoms with van der Waals surface area (Å²) < 4.78 is 5.28. The first-order chi connectivity index (χ1) is 13.6. The van der Waals surface area contributed by atoms with E-state index in [0.717, 1.165) is 36.8 Å². The van der Waals surface area contributed by atoms with Gasteiger partial charge >= 0.3 is 5.97 Å². The Bertz CT molecular complexity index is 884. The fraction of sp³-hybridized carbons (Fsp3) is 0.455. The molecule has 0 aliphatic carbocycles. The van der Waals surface area contributed by atoms with Gasteiger partial charge in [-0.15, -0.1) is 0 Å². The molecule has 2 fully saturated rings. The van der Waals surface area contributed by atoms with Crippen LogP contribution in [0.3, 0.4) is 0 Å². The van der Waals surface area contributed by atoms with Crippen molar-refractivity contribution in [1.29, 1.82) is 0 Å². The van der Waals surface area contributed by atoms with Crippen LogP contribution in [-0.2, 0) is 9.53 Å². The number of carbonyl (C=O) groups is 2.